The Labute approximate surface area is 89.9 Å². The zero-order chi connectivity index (χ0) is 12.4. The van der Waals surface area contributed by atoms with Gasteiger partial charge in [0.05, 0.1) is 11.6 Å². The molecule has 82 valence electrons. The van der Waals surface area contributed by atoms with Crippen molar-refractivity contribution in [3.05, 3.63) is 35.4 Å². The molecule has 2 nitrogen and oxygen atoms in total. The van der Waals surface area contributed by atoms with E-state index in [0.29, 0.717) is 0 Å². The van der Waals surface area contributed by atoms with Crippen molar-refractivity contribution in [2.24, 2.45) is 0 Å². The molecule has 5 heteroatoms. The molecular formula is C11H6F3NO. The first kappa shape index (κ1) is 12.1. The van der Waals surface area contributed by atoms with Gasteiger partial charge in [-0.3, -0.25) is 0 Å². The van der Waals surface area contributed by atoms with Crippen molar-refractivity contribution < 1.29 is 18.3 Å². The van der Waals surface area contributed by atoms with Crippen LogP contribution in [0.15, 0.2) is 24.3 Å². The Kier molecular flexibility index (Phi) is 2.93. The van der Waals surface area contributed by atoms with Crippen LogP contribution in [0.1, 0.15) is 11.1 Å². The standard InChI is InChI=1S/C11H6F3NO/c1-2-10(16,11(12,13)14)9-5-3-4-8(6-9)7-15/h1,3-6,16H. The van der Waals surface area contributed by atoms with Crippen LogP contribution in [0.3, 0.4) is 0 Å². The van der Waals surface area contributed by atoms with Crippen molar-refractivity contribution in [1.82, 2.24) is 0 Å². The highest BCUT2D eigenvalue weighted by Gasteiger charge is 2.54. The number of nitriles is 1. The third-order valence-corrected chi connectivity index (χ3v) is 2.03. The molecule has 16 heavy (non-hydrogen) atoms. The van der Waals surface area contributed by atoms with Crippen molar-refractivity contribution >= 4 is 0 Å². The van der Waals surface area contributed by atoms with E-state index in [1.54, 1.807) is 6.07 Å². The predicted molar refractivity (Wildman–Crippen MR) is 49.9 cm³/mol. The molecule has 1 atom stereocenters. The molecule has 0 spiro atoms. The molecule has 0 saturated carbocycles. The van der Waals surface area contributed by atoms with Gasteiger partial charge in [-0.2, -0.15) is 18.4 Å². The molecule has 0 saturated heterocycles. The quantitative estimate of drug-likeness (QED) is 0.742. The topological polar surface area (TPSA) is 44.0 Å². The van der Waals surface area contributed by atoms with E-state index < -0.39 is 17.3 Å². The highest BCUT2D eigenvalue weighted by atomic mass is 19.4. The minimum Gasteiger partial charge on any atom is -0.366 e. The van der Waals surface area contributed by atoms with Gasteiger partial charge in [-0.15, -0.1) is 6.42 Å². The van der Waals surface area contributed by atoms with Gasteiger partial charge in [0, 0.05) is 5.56 Å². The molecule has 1 unspecified atom stereocenters. The molecule has 1 N–H and O–H groups in total. The van der Waals surface area contributed by atoms with Crippen LogP contribution in [0.25, 0.3) is 0 Å². The van der Waals surface area contributed by atoms with Gasteiger partial charge >= 0.3 is 6.18 Å². The van der Waals surface area contributed by atoms with E-state index in [-0.39, 0.29) is 5.56 Å². The second-order valence-electron chi connectivity index (χ2n) is 3.05. The molecule has 0 fully saturated rings. The molecule has 1 rings (SSSR count). The molecule has 1 aromatic rings. The molecule has 0 aromatic heterocycles. The van der Waals surface area contributed by atoms with Crippen LogP contribution < -0.4 is 0 Å². The fourth-order valence-electron chi connectivity index (χ4n) is 1.14. The normalized spacial score (nSPS) is 14.6. The SMILES string of the molecule is C#CC(O)(c1cccc(C#N)c1)C(F)(F)F. The maximum absolute atomic E-state index is 12.6. The highest BCUT2D eigenvalue weighted by molar-refractivity contribution is 5.40. The molecule has 1 aromatic carbocycles. The van der Waals surface area contributed by atoms with Crippen LogP contribution in [0.2, 0.25) is 0 Å². The monoisotopic (exact) mass is 225 g/mol. The Bertz CT molecular complexity index is 481. The summed E-state index contributed by atoms with van der Waals surface area (Å²) in [5.74, 6) is 1.31. The third kappa shape index (κ3) is 1.86. The van der Waals surface area contributed by atoms with Crippen molar-refractivity contribution in [2.75, 3.05) is 0 Å². The van der Waals surface area contributed by atoms with Crippen LogP contribution in [0, 0.1) is 23.7 Å². The van der Waals surface area contributed by atoms with Crippen LogP contribution in [0.4, 0.5) is 13.2 Å². The number of hydrogen-bond acceptors (Lipinski definition) is 2. The van der Waals surface area contributed by atoms with Gasteiger partial charge in [-0.05, 0) is 12.1 Å². The molecule has 0 aliphatic rings. The maximum Gasteiger partial charge on any atom is 0.433 e. The summed E-state index contributed by atoms with van der Waals surface area (Å²) in [6, 6.07) is 6.14. The van der Waals surface area contributed by atoms with Crippen molar-refractivity contribution in [1.29, 1.82) is 5.26 Å². The first-order chi connectivity index (χ1) is 7.35. The van der Waals surface area contributed by atoms with E-state index >= 15 is 0 Å². The number of halogens is 3. The number of alkyl halides is 3. The molecule has 0 heterocycles. The van der Waals surface area contributed by atoms with Gasteiger partial charge in [-0.25, -0.2) is 0 Å². The minimum absolute atomic E-state index is 0.00424. The molecule has 0 amide bonds. The molecule has 0 radical (unpaired) electrons. The van der Waals surface area contributed by atoms with E-state index in [1.807, 2.05) is 0 Å². The summed E-state index contributed by atoms with van der Waals surface area (Å²) < 4.78 is 37.7. The largest absolute Gasteiger partial charge is 0.433 e. The number of hydrogen-bond donors (Lipinski definition) is 1. The lowest BCUT2D eigenvalue weighted by atomic mass is 9.93. The fourth-order valence-corrected chi connectivity index (χ4v) is 1.14. The van der Waals surface area contributed by atoms with Gasteiger partial charge in [0.15, 0.2) is 0 Å². The summed E-state index contributed by atoms with van der Waals surface area (Å²) in [7, 11) is 0. The summed E-state index contributed by atoms with van der Waals surface area (Å²) >= 11 is 0. The van der Waals surface area contributed by atoms with Crippen molar-refractivity contribution in [3.63, 3.8) is 0 Å². The zero-order valence-electron chi connectivity index (χ0n) is 7.92. The lowest BCUT2D eigenvalue weighted by Crippen LogP contribution is -2.40. The number of nitrogens with zero attached hydrogens (tertiary/aromatic N) is 1. The third-order valence-electron chi connectivity index (χ3n) is 2.03. The van der Waals surface area contributed by atoms with Gasteiger partial charge in [0.25, 0.3) is 0 Å². The summed E-state index contributed by atoms with van der Waals surface area (Å²) in [6.07, 6.45) is -0.276. The Hall–Kier alpha value is -1.98. The maximum atomic E-state index is 12.6. The van der Waals surface area contributed by atoms with Gasteiger partial charge in [-0.1, -0.05) is 18.1 Å². The first-order valence-corrected chi connectivity index (χ1v) is 4.12. The Morgan fingerprint density at radius 3 is 2.38 bits per heavy atom. The predicted octanol–water partition coefficient (Wildman–Crippen LogP) is 1.94. The second kappa shape index (κ2) is 3.88. The molecular weight excluding hydrogens is 219 g/mol. The Morgan fingerprint density at radius 1 is 1.31 bits per heavy atom. The van der Waals surface area contributed by atoms with Crippen LogP contribution >= 0.6 is 0 Å². The summed E-state index contributed by atoms with van der Waals surface area (Å²) in [5, 5.41) is 17.9. The summed E-state index contributed by atoms with van der Waals surface area (Å²) in [5.41, 5.74) is -3.91. The zero-order valence-corrected chi connectivity index (χ0v) is 7.92. The number of aliphatic hydroxyl groups is 1. The molecule has 0 aliphatic heterocycles. The van der Waals surface area contributed by atoms with E-state index in [1.165, 1.54) is 18.1 Å². The van der Waals surface area contributed by atoms with Gasteiger partial charge < -0.3 is 5.11 Å². The summed E-state index contributed by atoms with van der Waals surface area (Å²) in [6.45, 7) is 0. The fraction of sp³-hybridized carbons (Fsp3) is 0.182. The van der Waals surface area contributed by atoms with Gasteiger partial charge in [0.1, 0.15) is 0 Å². The second-order valence-corrected chi connectivity index (χ2v) is 3.05. The highest BCUT2D eigenvalue weighted by Crippen LogP contribution is 2.38. The van der Waals surface area contributed by atoms with Gasteiger partial charge in [0.2, 0.25) is 5.60 Å². The summed E-state index contributed by atoms with van der Waals surface area (Å²) in [4.78, 5) is 0. The first-order valence-electron chi connectivity index (χ1n) is 4.12. The number of terminal acetylenes is 1. The van der Waals surface area contributed by atoms with E-state index in [2.05, 4.69) is 0 Å². The Morgan fingerprint density at radius 2 is 1.94 bits per heavy atom. The smallest absolute Gasteiger partial charge is 0.366 e. The average Bonchev–Trinajstić information content (AvgIpc) is 2.26. The molecule has 0 aliphatic carbocycles. The van der Waals surface area contributed by atoms with E-state index in [4.69, 9.17) is 11.7 Å². The van der Waals surface area contributed by atoms with E-state index in [0.717, 1.165) is 12.1 Å². The number of benzene rings is 1. The lowest BCUT2D eigenvalue weighted by Gasteiger charge is -2.25. The van der Waals surface area contributed by atoms with E-state index in [9.17, 15) is 18.3 Å². The Balaban J connectivity index is 3.37. The van der Waals surface area contributed by atoms with Crippen molar-refractivity contribution in [3.8, 4) is 18.4 Å². The van der Waals surface area contributed by atoms with Crippen molar-refractivity contribution in [2.45, 2.75) is 11.8 Å². The van der Waals surface area contributed by atoms with Crippen LogP contribution in [-0.4, -0.2) is 11.3 Å². The molecule has 0 bridgehead atoms. The lowest BCUT2D eigenvalue weighted by molar-refractivity contribution is -0.240. The van der Waals surface area contributed by atoms with Crippen LogP contribution in [-0.2, 0) is 5.60 Å². The minimum atomic E-state index is -4.99. The van der Waals surface area contributed by atoms with Crippen LogP contribution in [0.5, 0.6) is 0 Å². The number of rotatable bonds is 1. The average molecular weight is 225 g/mol.